The first kappa shape index (κ1) is 23.4. The Labute approximate surface area is 181 Å². The van der Waals surface area contributed by atoms with Gasteiger partial charge in [-0.05, 0) is 43.0 Å². The minimum atomic E-state index is -0.111. The molecule has 0 fully saturated rings. The predicted octanol–water partition coefficient (Wildman–Crippen LogP) is 4.82. The van der Waals surface area contributed by atoms with Crippen LogP contribution in [0.15, 0.2) is 17.6 Å². The van der Waals surface area contributed by atoms with Crippen molar-refractivity contribution in [3.8, 4) is 0 Å². The first-order valence-electron chi connectivity index (χ1n) is 9.66. The molecule has 28 heavy (non-hydrogen) atoms. The fourth-order valence-corrected chi connectivity index (χ4v) is 4.11. The molecule has 0 unspecified atom stereocenters. The van der Waals surface area contributed by atoms with Gasteiger partial charge in [-0.15, -0.1) is 11.3 Å². The highest BCUT2D eigenvalue weighted by molar-refractivity contribution is 7.09. The number of anilines is 1. The zero-order valence-electron chi connectivity index (χ0n) is 16.1. The van der Waals surface area contributed by atoms with Gasteiger partial charge in [-0.2, -0.15) is 0 Å². The summed E-state index contributed by atoms with van der Waals surface area (Å²) in [6, 6.07) is 1.68. The van der Waals surface area contributed by atoms with Crippen LogP contribution < -0.4 is 11.1 Å². The Hall–Kier alpha value is -0.890. The molecule has 5 nitrogen and oxygen atoms in total. The molecule has 1 aromatic heterocycles. The van der Waals surface area contributed by atoms with E-state index in [2.05, 4.69) is 10.3 Å². The maximum atomic E-state index is 9.48. The minimum Gasteiger partial charge on any atom is -0.396 e. The van der Waals surface area contributed by atoms with Gasteiger partial charge in [0.25, 0.3) is 0 Å². The summed E-state index contributed by atoms with van der Waals surface area (Å²) in [6.45, 7) is 2.97. The molecule has 156 valence electrons. The van der Waals surface area contributed by atoms with E-state index < -0.39 is 0 Å². The number of ether oxygens (including phenoxy) is 1. The third-order valence-corrected chi connectivity index (χ3v) is 6.06. The van der Waals surface area contributed by atoms with Crippen molar-refractivity contribution in [2.75, 3.05) is 25.5 Å². The molecule has 0 amide bonds. The standard InChI is InChI=1S/C20H29Cl2N3O2S/c21-17-12-15(14-26)16(19(22)20(17)23)13-24-7-3-1-2-4-9-27-10-5-6-18-25-8-11-28-18/h8,11-12,24,26H,1-7,9-10,13-14,23H2. The lowest BCUT2D eigenvalue weighted by molar-refractivity contribution is 0.127. The topological polar surface area (TPSA) is 80.4 Å². The van der Waals surface area contributed by atoms with Crippen LogP contribution >= 0.6 is 34.5 Å². The van der Waals surface area contributed by atoms with Gasteiger partial charge in [0, 0.05) is 37.8 Å². The van der Waals surface area contributed by atoms with Crippen molar-refractivity contribution in [3.63, 3.8) is 0 Å². The highest BCUT2D eigenvalue weighted by atomic mass is 35.5. The SMILES string of the molecule is Nc1c(Cl)cc(CO)c(CNCCCCCCOCCCc2nccs2)c1Cl. The van der Waals surface area contributed by atoms with Crippen molar-refractivity contribution in [2.45, 2.75) is 51.7 Å². The van der Waals surface area contributed by atoms with E-state index in [0.717, 1.165) is 63.8 Å². The summed E-state index contributed by atoms with van der Waals surface area (Å²) in [4.78, 5) is 4.27. The van der Waals surface area contributed by atoms with Crippen molar-refractivity contribution >= 4 is 40.2 Å². The van der Waals surface area contributed by atoms with Gasteiger partial charge < -0.3 is 20.9 Å². The van der Waals surface area contributed by atoms with Crippen molar-refractivity contribution in [3.05, 3.63) is 43.8 Å². The molecule has 0 saturated carbocycles. The molecule has 0 radical (unpaired) electrons. The molecule has 1 aromatic carbocycles. The maximum Gasteiger partial charge on any atom is 0.0925 e. The van der Waals surface area contributed by atoms with Crippen LogP contribution in [0.2, 0.25) is 10.0 Å². The summed E-state index contributed by atoms with van der Waals surface area (Å²) in [5.74, 6) is 0. The lowest BCUT2D eigenvalue weighted by atomic mass is 10.1. The number of hydrogen-bond acceptors (Lipinski definition) is 6. The van der Waals surface area contributed by atoms with E-state index in [9.17, 15) is 5.11 Å². The molecule has 0 saturated heterocycles. The molecule has 2 rings (SSSR count). The van der Waals surface area contributed by atoms with Crippen molar-refractivity contribution in [2.24, 2.45) is 0 Å². The molecule has 8 heteroatoms. The van der Waals surface area contributed by atoms with Crippen LogP contribution in [0.3, 0.4) is 0 Å². The van der Waals surface area contributed by atoms with Gasteiger partial charge in [0.1, 0.15) is 0 Å². The quantitative estimate of drug-likeness (QED) is 0.286. The average molecular weight is 446 g/mol. The fourth-order valence-electron chi connectivity index (χ4n) is 2.88. The smallest absolute Gasteiger partial charge is 0.0925 e. The van der Waals surface area contributed by atoms with Gasteiger partial charge in [-0.25, -0.2) is 4.98 Å². The Morgan fingerprint density at radius 1 is 1.14 bits per heavy atom. The zero-order valence-corrected chi connectivity index (χ0v) is 18.4. The summed E-state index contributed by atoms with van der Waals surface area (Å²) < 4.78 is 5.68. The summed E-state index contributed by atoms with van der Waals surface area (Å²) >= 11 is 14.0. The number of nitrogen functional groups attached to an aromatic ring is 1. The molecule has 0 atom stereocenters. The van der Waals surface area contributed by atoms with E-state index in [4.69, 9.17) is 33.7 Å². The Bertz CT molecular complexity index is 699. The van der Waals surface area contributed by atoms with Crippen LogP contribution in [0.4, 0.5) is 5.69 Å². The summed E-state index contributed by atoms with van der Waals surface area (Å²) in [5.41, 5.74) is 7.77. The number of aliphatic hydroxyl groups is 1. The maximum absolute atomic E-state index is 9.48. The first-order valence-corrected chi connectivity index (χ1v) is 11.3. The van der Waals surface area contributed by atoms with E-state index in [-0.39, 0.29) is 6.61 Å². The molecule has 0 spiro atoms. The average Bonchev–Trinajstić information content (AvgIpc) is 3.21. The largest absolute Gasteiger partial charge is 0.396 e. The third kappa shape index (κ3) is 7.85. The number of hydrogen-bond donors (Lipinski definition) is 3. The number of aryl methyl sites for hydroxylation is 1. The first-order chi connectivity index (χ1) is 13.6. The van der Waals surface area contributed by atoms with Gasteiger partial charge in [-0.1, -0.05) is 36.0 Å². The number of aliphatic hydroxyl groups excluding tert-OH is 1. The Morgan fingerprint density at radius 3 is 2.68 bits per heavy atom. The Kier molecular flexibility index (Phi) is 11.2. The van der Waals surface area contributed by atoms with E-state index in [1.54, 1.807) is 17.4 Å². The van der Waals surface area contributed by atoms with Crippen LogP contribution in [-0.4, -0.2) is 29.8 Å². The second kappa shape index (κ2) is 13.4. The third-order valence-electron chi connectivity index (χ3n) is 4.47. The zero-order chi connectivity index (χ0) is 20.2. The molecule has 0 bridgehead atoms. The number of nitrogens with zero attached hydrogens (tertiary/aromatic N) is 1. The number of rotatable bonds is 14. The van der Waals surface area contributed by atoms with Crippen LogP contribution in [-0.2, 0) is 24.3 Å². The van der Waals surface area contributed by atoms with Gasteiger partial charge >= 0.3 is 0 Å². The van der Waals surface area contributed by atoms with Crippen molar-refractivity contribution in [1.82, 2.24) is 10.3 Å². The number of nitrogens with two attached hydrogens (primary N) is 1. The second-order valence-electron chi connectivity index (χ2n) is 6.61. The van der Waals surface area contributed by atoms with E-state index >= 15 is 0 Å². The van der Waals surface area contributed by atoms with Gasteiger partial charge in [0.05, 0.1) is 27.3 Å². The van der Waals surface area contributed by atoms with Crippen molar-refractivity contribution in [1.29, 1.82) is 0 Å². The molecule has 0 aliphatic heterocycles. The Balaban J connectivity index is 1.48. The number of aromatic nitrogens is 1. The normalized spacial score (nSPS) is 11.2. The molecule has 4 N–H and O–H groups in total. The summed E-state index contributed by atoms with van der Waals surface area (Å²) in [7, 11) is 0. The second-order valence-corrected chi connectivity index (χ2v) is 8.38. The Morgan fingerprint density at radius 2 is 1.93 bits per heavy atom. The molecule has 1 heterocycles. The number of benzene rings is 1. The predicted molar refractivity (Wildman–Crippen MR) is 118 cm³/mol. The van der Waals surface area contributed by atoms with Gasteiger partial charge in [0.2, 0.25) is 0 Å². The van der Waals surface area contributed by atoms with E-state index in [1.165, 1.54) is 5.01 Å². The van der Waals surface area contributed by atoms with E-state index in [0.29, 0.717) is 27.8 Å². The van der Waals surface area contributed by atoms with Crippen LogP contribution in [0.5, 0.6) is 0 Å². The van der Waals surface area contributed by atoms with Gasteiger partial charge in [-0.3, -0.25) is 0 Å². The minimum absolute atomic E-state index is 0.111. The van der Waals surface area contributed by atoms with Crippen molar-refractivity contribution < 1.29 is 9.84 Å². The van der Waals surface area contributed by atoms with Gasteiger partial charge in [0.15, 0.2) is 0 Å². The lowest BCUT2D eigenvalue weighted by Gasteiger charge is -2.14. The summed E-state index contributed by atoms with van der Waals surface area (Å²) in [6.07, 6.45) is 8.37. The highest BCUT2D eigenvalue weighted by Gasteiger charge is 2.13. The lowest BCUT2D eigenvalue weighted by Crippen LogP contribution is -2.17. The van der Waals surface area contributed by atoms with Crippen LogP contribution in [0.1, 0.15) is 48.2 Å². The number of unbranched alkanes of at least 4 members (excludes halogenated alkanes) is 3. The van der Waals surface area contributed by atoms with Crippen LogP contribution in [0, 0.1) is 0 Å². The number of halogens is 2. The summed E-state index contributed by atoms with van der Waals surface area (Å²) in [5, 5.41) is 16.8. The molecular weight excluding hydrogens is 417 g/mol. The number of thiazole rings is 1. The molecule has 2 aromatic rings. The number of nitrogens with one attached hydrogen (secondary N) is 1. The monoisotopic (exact) mass is 445 g/mol. The van der Waals surface area contributed by atoms with E-state index in [1.807, 2.05) is 11.6 Å². The molecular formula is C20H29Cl2N3O2S. The fraction of sp³-hybridized carbons (Fsp3) is 0.550. The molecule has 0 aliphatic carbocycles. The van der Waals surface area contributed by atoms with Crippen LogP contribution in [0.25, 0.3) is 0 Å². The highest BCUT2D eigenvalue weighted by Crippen LogP contribution is 2.33. The molecule has 0 aliphatic rings.